The first-order chi connectivity index (χ1) is 20.5. The predicted octanol–water partition coefficient (Wildman–Crippen LogP) is 2.41. The van der Waals surface area contributed by atoms with Crippen molar-refractivity contribution in [1.29, 1.82) is 0 Å². The topological polar surface area (TPSA) is 109 Å². The van der Waals surface area contributed by atoms with Crippen LogP contribution in [0.1, 0.15) is 18.4 Å². The summed E-state index contributed by atoms with van der Waals surface area (Å²) in [5.41, 5.74) is 3.45. The van der Waals surface area contributed by atoms with Gasteiger partial charge in [-0.15, -0.1) is 5.10 Å². The van der Waals surface area contributed by atoms with Gasteiger partial charge in [0.05, 0.1) is 30.3 Å². The third-order valence-electron chi connectivity index (χ3n) is 8.70. The lowest BCUT2D eigenvalue weighted by atomic mass is 9.94. The summed E-state index contributed by atoms with van der Waals surface area (Å²) in [4.78, 5) is 27.8. The number of nitrogens with zero attached hydrogens (tertiary/aromatic N) is 9. The van der Waals surface area contributed by atoms with E-state index in [-0.39, 0.29) is 18.6 Å². The first kappa shape index (κ1) is 26.8. The lowest BCUT2D eigenvalue weighted by molar-refractivity contribution is -0.133. The van der Waals surface area contributed by atoms with Gasteiger partial charge in [0.25, 0.3) is 0 Å². The van der Waals surface area contributed by atoms with Gasteiger partial charge in [0.1, 0.15) is 6.54 Å². The molecule has 0 unspecified atom stereocenters. The summed E-state index contributed by atoms with van der Waals surface area (Å²) < 4.78 is 22.9. The Bertz CT molecular complexity index is 1530. The molecular formula is C29H35FN10O2. The van der Waals surface area contributed by atoms with Crippen LogP contribution in [0.3, 0.4) is 0 Å². The average Bonchev–Trinajstić information content (AvgIpc) is 3.67. The zero-order valence-corrected chi connectivity index (χ0v) is 23.6. The van der Waals surface area contributed by atoms with Crippen molar-refractivity contribution in [3.63, 3.8) is 0 Å². The fourth-order valence-electron chi connectivity index (χ4n) is 6.46. The van der Waals surface area contributed by atoms with Crippen LogP contribution in [0.5, 0.6) is 0 Å². The zero-order chi connectivity index (χ0) is 28.6. The standard InChI is InChI=1S/C29H35FN10O2/c1-36-9-11-37(12-10-36)26(41)18-39-17-23(14-32-39)33-29-34-28-24(3-2-8-40(28)35-29)38-15-21-5-6-22(16-38)27(21)42-19-20-4-7-25(30)31-13-20/h2-4,7-8,13-14,17,21-22,27H,5-6,9-12,15-16,18-19H2,1H3,(H,33,35)/t21-,22+,27+. The third kappa shape index (κ3) is 5.53. The summed E-state index contributed by atoms with van der Waals surface area (Å²) in [6.07, 6.45) is 9.37. The molecule has 1 saturated carbocycles. The zero-order valence-electron chi connectivity index (χ0n) is 23.6. The molecule has 3 atom stereocenters. The molecular weight excluding hydrogens is 539 g/mol. The quantitative estimate of drug-likeness (QED) is 0.318. The van der Waals surface area contributed by atoms with E-state index >= 15 is 0 Å². The Balaban J connectivity index is 0.996. The van der Waals surface area contributed by atoms with Gasteiger partial charge in [0.15, 0.2) is 5.65 Å². The van der Waals surface area contributed by atoms with Crippen molar-refractivity contribution in [2.24, 2.45) is 11.8 Å². The number of piperazine rings is 1. The van der Waals surface area contributed by atoms with Gasteiger partial charge in [0, 0.05) is 69.7 Å². The molecule has 2 bridgehead atoms. The lowest BCUT2D eigenvalue weighted by Crippen LogP contribution is -2.48. The van der Waals surface area contributed by atoms with Crippen LogP contribution >= 0.6 is 0 Å². The largest absolute Gasteiger partial charge is 0.373 e. The number of aromatic nitrogens is 6. The number of hydrogen-bond donors (Lipinski definition) is 1. The molecule has 2 saturated heterocycles. The first-order valence-electron chi connectivity index (χ1n) is 14.6. The summed E-state index contributed by atoms with van der Waals surface area (Å²) in [6.45, 7) is 5.68. The van der Waals surface area contributed by atoms with Crippen molar-refractivity contribution in [3.05, 3.63) is 60.6 Å². The van der Waals surface area contributed by atoms with E-state index in [1.807, 2.05) is 23.4 Å². The molecule has 2 aliphatic heterocycles. The van der Waals surface area contributed by atoms with Crippen LogP contribution in [-0.2, 0) is 22.7 Å². The second-order valence-corrected chi connectivity index (χ2v) is 11.6. The fourth-order valence-corrected chi connectivity index (χ4v) is 6.46. The molecule has 0 spiro atoms. The van der Waals surface area contributed by atoms with E-state index in [9.17, 15) is 9.18 Å². The van der Waals surface area contributed by atoms with Crippen LogP contribution in [-0.4, -0.2) is 97.5 Å². The van der Waals surface area contributed by atoms with E-state index in [0.717, 1.165) is 74.7 Å². The van der Waals surface area contributed by atoms with E-state index < -0.39 is 5.95 Å². The van der Waals surface area contributed by atoms with E-state index in [4.69, 9.17) is 9.72 Å². The number of carbonyl (C=O) groups excluding carboxylic acids is 1. The number of amides is 1. The number of likely N-dealkylation sites (N-methyl/N-ethyl adjacent to an activating group) is 1. The molecule has 6 heterocycles. The number of ether oxygens (including phenoxy) is 1. The molecule has 42 heavy (non-hydrogen) atoms. The monoisotopic (exact) mass is 574 g/mol. The van der Waals surface area contributed by atoms with Gasteiger partial charge in [-0.2, -0.15) is 14.5 Å². The number of anilines is 3. The smallest absolute Gasteiger partial charge is 0.247 e. The van der Waals surface area contributed by atoms with E-state index in [2.05, 4.69) is 43.4 Å². The third-order valence-corrected chi connectivity index (χ3v) is 8.70. The van der Waals surface area contributed by atoms with Crippen molar-refractivity contribution in [1.82, 2.24) is 39.2 Å². The van der Waals surface area contributed by atoms with E-state index in [1.54, 1.807) is 27.7 Å². The minimum atomic E-state index is -0.476. The Morgan fingerprint density at radius 3 is 2.67 bits per heavy atom. The molecule has 0 aromatic carbocycles. The van der Waals surface area contributed by atoms with Crippen LogP contribution in [0.25, 0.3) is 5.65 Å². The van der Waals surface area contributed by atoms with E-state index in [0.29, 0.717) is 24.4 Å². The van der Waals surface area contributed by atoms with Gasteiger partial charge in [-0.25, -0.2) is 9.50 Å². The Kier molecular flexibility index (Phi) is 7.20. The van der Waals surface area contributed by atoms with Crippen molar-refractivity contribution < 1.29 is 13.9 Å². The summed E-state index contributed by atoms with van der Waals surface area (Å²) >= 11 is 0. The van der Waals surface area contributed by atoms with Crippen LogP contribution in [0.4, 0.5) is 21.7 Å². The number of rotatable bonds is 8. The highest BCUT2D eigenvalue weighted by Crippen LogP contribution is 2.41. The molecule has 3 fully saturated rings. The number of hydrogen-bond acceptors (Lipinski definition) is 9. The number of carbonyl (C=O) groups is 1. The SMILES string of the molecule is CN1CCN(C(=O)Cn2cc(Nc3nc4c(N5C[C@H]6CC[C@@H](C5)[C@H]6OCc5ccc(F)nc5)cccn4n3)cn2)CC1. The van der Waals surface area contributed by atoms with Gasteiger partial charge >= 0.3 is 0 Å². The molecule has 220 valence electrons. The highest BCUT2D eigenvalue weighted by Gasteiger charge is 2.43. The van der Waals surface area contributed by atoms with Gasteiger partial charge in [-0.1, -0.05) is 6.07 Å². The molecule has 12 nitrogen and oxygen atoms in total. The molecule has 1 aliphatic carbocycles. The summed E-state index contributed by atoms with van der Waals surface area (Å²) in [5.74, 6) is 0.899. The minimum absolute atomic E-state index is 0.0730. The van der Waals surface area contributed by atoms with Crippen molar-refractivity contribution in [2.75, 3.05) is 56.5 Å². The second-order valence-electron chi connectivity index (χ2n) is 11.6. The number of pyridine rings is 2. The van der Waals surface area contributed by atoms with Crippen LogP contribution in [0.2, 0.25) is 0 Å². The van der Waals surface area contributed by atoms with Crippen LogP contribution in [0, 0.1) is 17.8 Å². The molecule has 1 N–H and O–H groups in total. The van der Waals surface area contributed by atoms with Crippen molar-refractivity contribution in [2.45, 2.75) is 32.1 Å². The molecule has 4 aromatic heterocycles. The van der Waals surface area contributed by atoms with Gasteiger partial charge in [-0.3, -0.25) is 9.48 Å². The number of halogens is 1. The van der Waals surface area contributed by atoms with Crippen LogP contribution in [0.15, 0.2) is 49.1 Å². The highest BCUT2D eigenvalue weighted by molar-refractivity contribution is 5.76. The Morgan fingerprint density at radius 1 is 1.10 bits per heavy atom. The van der Waals surface area contributed by atoms with Gasteiger partial charge < -0.3 is 24.8 Å². The molecule has 1 amide bonds. The Hall–Kier alpha value is -4.10. The molecule has 13 heteroatoms. The maximum Gasteiger partial charge on any atom is 0.247 e. The summed E-state index contributed by atoms with van der Waals surface area (Å²) in [7, 11) is 2.07. The molecule has 3 aliphatic rings. The van der Waals surface area contributed by atoms with Gasteiger partial charge in [0.2, 0.25) is 17.8 Å². The fraction of sp³-hybridized carbons (Fsp3) is 0.483. The number of nitrogens with one attached hydrogen (secondary N) is 1. The van der Waals surface area contributed by atoms with Crippen LogP contribution < -0.4 is 10.2 Å². The molecule has 0 radical (unpaired) electrons. The predicted molar refractivity (Wildman–Crippen MR) is 154 cm³/mol. The molecule has 4 aromatic rings. The second kappa shape index (κ2) is 11.3. The van der Waals surface area contributed by atoms with Gasteiger partial charge in [-0.05, 0) is 43.7 Å². The normalized spacial score (nSPS) is 22.7. The van der Waals surface area contributed by atoms with E-state index in [1.165, 1.54) is 6.07 Å². The minimum Gasteiger partial charge on any atom is -0.373 e. The van der Waals surface area contributed by atoms with Crippen molar-refractivity contribution >= 4 is 28.9 Å². The number of fused-ring (bicyclic) bond motifs is 3. The Morgan fingerprint density at radius 2 is 1.90 bits per heavy atom. The van der Waals surface area contributed by atoms with Crippen molar-refractivity contribution in [3.8, 4) is 0 Å². The lowest BCUT2D eigenvalue weighted by Gasteiger charge is -2.39. The molecule has 7 rings (SSSR count). The average molecular weight is 575 g/mol. The summed E-state index contributed by atoms with van der Waals surface area (Å²) in [6, 6.07) is 7.20. The number of piperidine rings is 1. The highest BCUT2D eigenvalue weighted by atomic mass is 19.1. The summed E-state index contributed by atoms with van der Waals surface area (Å²) in [5, 5.41) is 12.3. The Labute approximate surface area is 243 Å². The maximum atomic E-state index is 13.2. The first-order valence-corrected chi connectivity index (χ1v) is 14.6. The maximum absolute atomic E-state index is 13.2.